The Balaban J connectivity index is 2.91. The van der Waals surface area contributed by atoms with Crippen molar-refractivity contribution >= 4 is 17.4 Å². The molecule has 7 nitrogen and oxygen atoms in total. The van der Waals surface area contributed by atoms with Crippen LogP contribution in [0, 0.1) is 10.1 Å². The third-order valence-corrected chi connectivity index (χ3v) is 2.06. The van der Waals surface area contributed by atoms with Crippen molar-refractivity contribution in [1.82, 2.24) is 9.55 Å². The van der Waals surface area contributed by atoms with Crippen LogP contribution in [0.2, 0.25) is 5.28 Å². The first-order chi connectivity index (χ1) is 6.85. The molecule has 0 bridgehead atoms. The van der Waals surface area contributed by atoms with Gasteiger partial charge in [0.1, 0.15) is 11.8 Å². The van der Waals surface area contributed by atoms with Crippen molar-refractivity contribution in [1.29, 1.82) is 0 Å². The van der Waals surface area contributed by atoms with Crippen LogP contribution in [0.15, 0.2) is 6.20 Å². The molecule has 0 saturated carbocycles. The predicted molar refractivity (Wildman–Crippen MR) is 51.6 cm³/mol. The molecule has 0 unspecified atom stereocenters. The van der Waals surface area contributed by atoms with E-state index >= 15 is 0 Å². The monoisotopic (exact) mass is 235 g/mol. The molecular formula is C7H10ClN3O4. The van der Waals surface area contributed by atoms with Gasteiger partial charge in [0, 0.05) is 0 Å². The van der Waals surface area contributed by atoms with Crippen molar-refractivity contribution in [2.45, 2.75) is 19.1 Å². The number of hydrogen-bond donors (Lipinski definition) is 2. The Labute approximate surface area is 90.1 Å². The van der Waals surface area contributed by atoms with Gasteiger partial charge in [-0.05, 0) is 28.4 Å². The standard InChI is InChI=1S/C7H10ClN3O4/c1-7(13,4-12)3-10-2-5(11(14)15)9-6(10)8/h2,12-13H,3-4H2,1H3/t7-/m0/s1. The number of rotatable bonds is 4. The smallest absolute Gasteiger partial charge is 0.383 e. The maximum atomic E-state index is 10.4. The molecule has 0 spiro atoms. The van der Waals surface area contributed by atoms with E-state index in [1.54, 1.807) is 0 Å². The van der Waals surface area contributed by atoms with Crippen molar-refractivity contribution in [2.24, 2.45) is 0 Å². The highest BCUT2D eigenvalue weighted by Crippen LogP contribution is 2.18. The molecule has 2 N–H and O–H groups in total. The number of aromatic nitrogens is 2. The van der Waals surface area contributed by atoms with Crippen LogP contribution in [0.5, 0.6) is 0 Å². The van der Waals surface area contributed by atoms with E-state index in [1.165, 1.54) is 11.5 Å². The Morgan fingerprint density at radius 2 is 2.40 bits per heavy atom. The lowest BCUT2D eigenvalue weighted by Crippen LogP contribution is -2.34. The van der Waals surface area contributed by atoms with Gasteiger partial charge in [0.25, 0.3) is 0 Å². The lowest BCUT2D eigenvalue weighted by Gasteiger charge is -2.19. The Morgan fingerprint density at radius 1 is 1.80 bits per heavy atom. The van der Waals surface area contributed by atoms with E-state index in [1.807, 2.05) is 0 Å². The van der Waals surface area contributed by atoms with Crippen molar-refractivity contribution in [3.63, 3.8) is 0 Å². The van der Waals surface area contributed by atoms with Crippen LogP contribution in [-0.2, 0) is 6.54 Å². The zero-order valence-corrected chi connectivity index (χ0v) is 8.68. The highest BCUT2D eigenvalue weighted by atomic mass is 35.5. The molecule has 8 heteroatoms. The van der Waals surface area contributed by atoms with Gasteiger partial charge >= 0.3 is 11.1 Å². The maximum Gasteiger partial charge on any atom is 0.383 e. The van der Waals surface area contributed by atoms with E-state index in [0.29, 0.717) is 0 Å². The van der Waals surface area contributed by atoms with Crippen LogP contribution in [0.1, 0.15) is 6.92 Å². The van der Waals surface area contributed by atoms with E-state index in [9.17, 15) is 15.2 Å². The minimum absolute atomic E-state index is 0.0663. The fourth-order valence-electron chi connectivity index (χ4n) is 0.996. The summed E-state index contributed by atoms with van der Waals surface area (Å²) in [6, 6.07) is 0. The number of nitrogens with zero attached hydrogens (tertiary/aromatic N) is 3. The topological polar surface area (TPSA) is 101 Å². The first kappa shape index (κ1) is 11.9. The summed E-state index contributed by atoms with van der Waals surface area (Å²) in [6.07, 6.45) is 1.10. The molecule has 0 aromatic carbocycles. The lowest BCUT2D eigenvalue weighted by atomic mass is 10.1. The fraction of sp³-hybridized carbons (Fsp3) is 0.571. The first-order valence-electron chi connectivity index (χ1n) is 4.06. The second-order valence-corrected chi connectivity index (χ2v) is 3.75. The highest BCUT2D eigenvalue weighted by molar-refractivity contribution is 6.28. The van der Waals surface area contributed by atoms with Gasteiger partial charge in [0.2, 0.25) is 0 Å². The maximum absolute atomic E-state index is 10.4. The first-order valence-corrected chi connectivity index (χ1v) is 4.44. The second-order valence-electron chi connectivity index (χ2n) is 3.41. The molecule has 84 valence electrons. The van der Waals surface area contributed by atoms with Crippen molar-refractivity contribution in [3.05, 3.63) is 21.6 Å². The van der Waals surface area contributed by atoms with Gasteiger partial charge in [-0.15, -0.1) is 0 Å². The summed E-state index contributed by atoms with van der Waals surface area (Å²) in [7, 11) is 0. The van der Waals surface area contributed by atoms with Gasteiger partial charge in [0.15, 0.2) is 0 Å². The Kier molecular flexibility index (Phi) is 3.28. The summed E-state index contributed by atoms with van der Waals surface area (Å²) in [6.45, 7) is 0.841. The molecule has 0 saturated heterocycles. The number of aliphatic hydroxyl groups is 2. The predicted octanol–water partition coefficient (Wildman–Crippen LogP) is 0.188. The van der Waals surface area contributed by atoms with Crippen LogP contribution in [0.3, 0.4) is 0 Å². The van der Waals surface area contributed by atoms with Gasteiger partial charge in [0.05, 0.1) is 13.2 Å². The molecule has 1 rings (SSSR count). The third kappa shape index (κ3) is 2.88. The molecule has 1 aromatic rings. The minimum Gasteiger partial charge on any atom is -0.393 e. The van der Waals surface area contributed by atoms with Crippen molar-refractivity contribution in [2.75, 3.05) is 6.61 Å². The molecule has 15 heavy (non-hydrogen) atoms. The van der Waals surface area contributed by atoms with Gasteiger partial charge in [-0.1, -0.05) is 0 Å². The van der Waals surface area contributed by atoms with E-state index in [-0.39, 0.29) is 11.8 Å². The van der Waals surface area contributed by atoms with Crippen LogP contribution in [0.25, 0.3) is 0 Å². The normalized spacial score (nSPS) is 14.9. The summed E-state index contributed by atoms with van der Waals surface area (Å²) in [5, 5.41) is 28.6. The largest absolute Gasteiger partial charge is 0.393 e. The minimum atomic E-state index is -1.39. The lowest BCUT2D eigenvalue weighted by molar-refractivity contribution is -0.389. The molecule has 0 fully saturated rings. The number of hydrogen-bond acceptors (Lipinski definition) is 5. The molecule has 0 aliphatic rings. The van der Waals surface area contributed by atoms with Crippen molar-refractivity contribution in [3.8, 4) is 0 Å². The quantitative estimate of drug-likeness (QED) is 0.573. The average molecular weight is 236 g/mol. The SMILES string of the molecule is C[C@@](O)(CO)Cn1cc([N+](=O)[O-])nc1Cl. The molecular weight excluding hydrogens is 226 g/mol. The van der Waals surface area contributed by atoms with Gasteiger partial charge in [-0.25, -0.2) is 0 Å². The summed E-state index contributed by atoms with van der Waals surface area (Å²) < 4.78 is 1.20. The third-order valence-electron chi connectivity index (χ3n) is 1.75. The number of nitro groups is 1. The van der Waals surface area contributed by atoms with Gasteiger partial charge in [-0.2, -0.15) is 0 Å². The van der Waals surface area contributed by atoms with E-state index < -0.39 is 22.9 Å². The average Bonchev–Trinajstić information content (AvgIpc) is 2.47. The molecule has 0 amide bonds. The fourth-order valence-corrected chi connectivity index (χ4v) is 1.19. The summed E-state index contributed by atoms with van der Waals surface area (Å²) >= 11 is 5.61. The highest BCUT2D eigenvalue weighted by Gasteiger charge is 2.25. The Morgan fingerprint density at radius 3 is 2.80 bits per heavy atom. The summed E-state index contributed by atoms with van der Waals surface area (Å²) in [5.41, 5.74) is -1.39. The Hall–Kier alpha value is -1.18. The molecule has 1 aromatic heterocycles. The Bertz CT molecular complexity index is 376. The van der Waals surface area contributed by atoms with E-state index in [0.717, 1.165) is 6.20 Å². The second kappa shape index (κ2) is 4.13. The zero-order valence-electron chi connectivity index (χ0n) is 7.92. The molecule has 1 heterocycles. The number of aliphatic hydroxyl groups excluding tert-OH is 1. The summed E-state index contributed by atoms with van der Waals surface area (Å²) in [5.74, 6) is -0.395. The van der Waals surface area contributed by atoms with Gasteiger partial charge < -0.3 is 20.3 Å². The van der Waals surface area contributed by atoms with Crippen molar-refractivity contribution < 1.29 is 15.1 Å². The molecule has 0 aliphatic heterocycles. The van der Waals surface area contributed by atoms with E-state index in [2.05, 4.69) is 4.98 Å². The van der Waals surface area contributed by atoms with Gasteiger partial charge in [-0.3, -0.25) is 4.57 Å². The number of halogens is 1. The molecule has 0 radical (unpaired) electrons. The zero-order chi connectivity index (χ0) is 11.6. The molecule has 1 atom stereocenters. The molecule has 0 aliphatic carbocycles. The summed E-state index contributed by atoms with van der Waals surface area (Å²) in [4.78, 5) is 13.1. The van der Waals surface area contributed by atoms with Crippen LogP contribution >= 0.6 is 11.6 Å². The van der Waals surface area contributed by atoms with Crippen LogP contribution < -0.4 is 0 Å². The number of imidazole rings is 1. The van der Waals surface area contributed by atoms with Crippen LogP contribution in [0.4, 0.5) is 5.82 Å². The van der Waals surface area contributed by atoms with Crippen LogP contribution in [-0.4, -0.2) is 36.9 Å². The van der Waals surface area contributed by atoms with E-state index in [4.69, 9.17) is 16.7 Å².